The van der Waals surface area contributed by atoms with E-state index in [0.717, 1.165) is 0 Å². The summed E-state index contributed by atoms with van der Waals surface area (Å²) in [5, 5.41) is 0. The van der Waals surface area contributed by atoms with Crippen LogP contribution in [0, 0.1) is 0 Å². The van der Waals surface area contributed by atoms with Crippen molar-refractivity contribution in [3.8, 4) is 0 Å². The molecule has 0 N–H and O–H groups in total. The van der Waals surface area contributed by atoms with Gasteiger partial charge in [-0.15, -0.1) is 0 Å². The second kappa shape index (κ2) is 12.2. The molecule has 27 heavy (non-hydrogen) atoms. The summed E-state index contributed by atoms with van der Waals surface area (Å²) in [7, 11) is 1.29. The largest absolute Gasteiger partial charge is 0.454 e. The highest BCUT2D eigenvalue weighted by molar-refractivity contribution is 5.87. The zero-order chi connectivity index (χ0) is 21.1. The predicted molar refractivity (Wildman–Crippen MR) is 80.1 cm³/mol. The molecule has 0 aliphatic carbocycles. The monoisotopic (exact) mass is 412 g/mol. The van der Waals surface area contributed by atoms with Crippen molar-refractivity contribution >= 4 is 5.97 Å². The number of hydrogen-bond acceptors (Lipinski definition) is 6. The molecule has 6 nitrogen and oxygen atoms in total. The summed E-state index contributed by atoms with van der Waals surface area (Å²) < 4.78 is 98.4. The lowest BCUT2D eigenvalue weighted by molar-refractivity contribution is -0.308. The van der Waals surface area contributed by atoms with Gasteiger partial charge in [-0.1, -0.05) is 6.58 Å². The Hall–Kier alpha value is -1.37. The first-order chi connectivity index (χ1) is 12.5. The van der Waals surface area contributed by atoms with Crippen LogP contribution in [0.3, 0.4) is 0 Å². The standard InChI is InChI=1S/C15H22F6O6/c1-10(2)13(22)26-11(4-23-3)5-24-6-12(27-15(20,21)9-17)7-25-14(18,19)8-16/h11-12H,1,4-9H2,2-3H3. The summed E-state index contributed by atoms with van der Waals surface area (Å²) in [4.78, 5) is 11.5. The van der Waals surface area contributed by atoms with E-state index < -0.39 is 57.0 Å². The van der Waals surface area contributed by atoms with Crippen LogP contribution in [-0.2, 0) is 28.5 Å². The normalized spacial score (nSPS) is 14.7. The molecule has 0 bridgehead atoms. The molecule has 0 aliphatic rings. The highest BCUT2D eigenvalue weighted by Gasteiger charge is 2.37. The number of ether oxygens (including phenoxy) is 5. The number of carbonyl (C=O) groups excluding carboxylic acids is 1. The molecule has 2 atom stereocenters. The van der Waals surface area contributed by atoms with E-state index in [1.807, 2.05) is 0 Å². The van der Waals surface area contributed by atoms with Crippen molar-refractivity contribution in [1.82, 2.24) is 0 Å². The maximum absolute atomic E-state index is 13.0. The van der Waals surface area contributed by atoms with Crippen LogP contribution in [0.1, 0.15) is 6.92 Å². The number of hydrogen-bond donors (Lipinski definition) is 0. The summed E-state index contributed by atoms with van der Waals surface area (Å²) in [6.07, 6.45) is -11.3. The summed E-state index contributed by atoms with van der Waals surface area (Å²) in [5.41, 5.74) is 0.0850. The van der Waals surface area contributed by atoms with Crippen molar-refractivity contribution in [2.75, 3.05) is 46.9 Å². The van der Waals surface area contributed by atoms with E-state index in [0.29, 0.717) is 0 Å². The van der Waals surface area contributed by atoms with Crippen LogP contribution in [0.5, 0.6) is 0 Å². The Labute approximate surface area is 152 Å². The highest BCUT2D eigenvalue weighted by Crippen LogP contribution is 2.21. The molecule has 0 heterocycles. The van der Waals surface area contributed by atoms with Gasteiger partial charge in [-0.3, -0.25) is 0 Å². The average Bonchev–Trinajstić information content (AvgIpc) is 2.59. The summed E-state index contributed by atoms with van der Waals surface area (Å²) in [6, 6.07) is 0. The van der Waals surface area contributed by atoms with Crippen molar-refractivity contribution in [2.45, 2.75) is 31.3 Å². The molecule has 0 rings (SSSR count). The van der Waals surface area contributed by atoms with Crippen molar-refractivity contribution in [3.63, 3.8) is 0 Å². The van der Waals surface area contributed by atoms with Crippen LogP contribution in [0.25, 0.3) is 0 Å². The first-order valence-electron chi connectivity index (χ1n) is 7.58. The fourth-order valence-electron chi connectivity index (χ4n) is 1.53. The fourth-order valence-corrected chi connectivity index (χ4v) is 1.53. The van der Waals surface area contributed by atoms with Gasteiger partial charge in [-0.25, -0.2) is 13.6 Å². The van der Waals surface area contributed by atoms with Gasteiger partial charge in [0.25, 0.3) is 0 Å². The number of methoxy groups -OCH3 is 1. The Morgan fingerprint density at radius 2 is 1.52 bits per heavy atom. The van der Waals surface area contributed by atoms with Gasteiger partial charge < -0.3 is 23.7 Å². The van der Waals surface area contributed by atoms with E-state index in [2.05, 4.69) is 16.1 Å². The van der Waals surface area contributed by atoms with Crippen molar-refractivity contribution in [1.29, 1.82) is 0 Å². The molecule has 2 unspecified atom stereocenters. The smallest absolute Gasteiger partial charge is 0.384 e. The molecule has 0 aromatic rings. The van der Waals surface area contributed by atoms with E-state index in [1.165, 1.54) is 14.0 Å². The van der Waals surface area contributed by atoms with Crippen molar-refractivity contribution in [2.24, 2.45) is 0 Å². The average molecular weight is 412 g/mol. The quantitative estimate of drug-likeness (QED) is 0.234. The molecule has 0 amide bonds. The topological polar surface area (TPSA) is 63.2 Å². The lowest BCUT2D eigenvalue weighted by atomic mass is 10.3. The van der Waals surface area contributed by atoms with E-state index in [9.17, 15) is 31.1 Å². The Bertz CT molecular complexity index is 462. The first kappa shape index (κ1) is 25.6. The van der Waals surface area contributed by atoms with Crippen LogP contribution in [0.2, 0.25) is 0 Å². The highest BCUT2D eigenvalue weighted by atomic mass is 19.3. The van der Waals surface area contributed by atoms with Crippen molar-refractivity contribution in [3.05, 3.63) is 12.2 Å². The summed E-state index contributed by atoms with van der Waals surface area (Å²) >= 11 is 0. The van der Waals surface area contributed by atoms with E-state index in [4.69, 9.17) is 14.2 Å². The molecule has 0 aliphatic heterocycles. The zero-order valence-corrected chi connectivity index (χ0v) is 14.8. The molecular weight excluding hydrogens is 390 g/mol. The minimum atomic E-state index is -4.28. The van der Waals surface area contributed by atoms with Crippen LogP contribution in [-0.4, -0.2) is 77.3 Å². The van der Waals surface area contributed by atoms with Crippen LogP contribution in [0.4, 0.5) is 26.3 Å². The third-order valence-corrected chi connectivity index (χ3v) is 2.71. The number of halogens is 6. The molecule has 0 aromatic carbocycles. The molecular formula is C15H22F6O6. The molecule has 0 aromatic heterocycles. The van der Waals surface area contributed by atoms with E-state index in [-0.39, 0.29) is 18.8 Å². The summed E-state index contributed by atoms with van der Waals surface area (Å²) in [6.45, 7) is -2.12. The van der Waals surface area contributed by atoms with Gasteiger partial charge in [0, 0.05) is 12.7 Å². The Morgan fingerprint density at radius 1 is 0.963 bits per heavy atom. The third-order valence-electron chi connectivity index (χ3n) is 2.71. The molecule has 0 saturated carbocycles. The predicted octanol–water partition coefficient (Wildman–Crippen LogP) is 2.66. The van der Waals surface area contributed by atoms with Crippen LogP contribution in [0.15, 0.2) is 12.2 Å². The molecule has 160 valence electrons. The first-order valence-corrected chi connectivity index (χ1v) is 7.58. The Balaban J connectivity index is 4.74. The second-order valence-electron chi connectivity index (χ2n) is 5.39. The van der Waals surface area contributed by atoms with Crippen molar-refractivity contribution < 1.29 is 54.8 Å². The molecule has 0 fully saturated rings. The molecule has 0 spiro atoms. The minimum Gasteiger partial charge on any atom is -0.454 e. The lowest BCUT2D eigenvalue weighted by Gasteiger charge is -2.25. The minimum absolute atomic E-state index is 0.0850. The molecule has 0 radical (unpaired) electrons. The maximum Gasteiger partial charge on any atom is 0.384 e. The van der Waals surface area contributed by atoms with Gasteiger partial charge in [0.2, 0.25) is 0 Å². The molecule has 12 heteroatoms. The van der Waals surface area contributed by atoms with E-state index in [1.54, 1.807) is 0 Å². The number of rotatable bonds is 15. The molecule has 0 saturated heterocycles. The van der Waals surface area contributed by atoms with E-state index >= 15 is 0 Å². The zero-order valence-electron chi connectivity index (χ0n) is 14.8. The number of alkyl halides is 6. The number of esters is 1. The van der Waals surface area contributed by atoms with Gasteiger partial charge >= 0.3 is 18.2 Å². The third kappa shape index (κ3) is 11.8. The van der Waals surface area contributed by atoms with Crippen LogP contribution < -0.4 is 0 Å². The van der Waals surface area contributed by atoms with Gasteiger partial charge in [0.15, 0.2) is 13.3 Å². The van der Waals surface area contributed by atoms with Crippen LogP contribution >= 0.6 is 0 Å². The fraction of sp³-hybridized carbons (Fsp3) is 0.800. The SMILES string of the molecule is C=C(C)C(=O)OC(COC)COCC(COC(F)(F)CF)OC(F)(F)CF. The van der Waals surface area contributed by atoms with Gasteiger partial charge in [0.05, 0.1) is 26.4 Å². The Morgan fingerprint density at radius 3 is 2.00 bits per heavy atom. The summed E-state index contributed by atoms with van der Waals surface area (Å²) in [5.74, 6) is -0.761. The maximum atomic E-state index is 13.0. The second-order valence-corrected chi connectivity index (χ2v) is 5.39. The Kier molecular flexibility index (Phi) is 11.5. The van der Waals surface area contributed by atoms with Gasteiger partial charge in [0.1, 0.15) is 12.2 Å². The van der Waals surface area contributed by atoms with Gasteiger partial charge in [-0.05, 0) is 6.92 Å². The van der Waals surface area contributed by atoms with Gasteiger partial charge in [-0.2, -0.15) is 17.6 Å². The number of carbonyl (C=O) groups is 1. The lowest BCUT2D eigenvalue weighted by Crippen LogP contribution is -2.39.